The van der Waals surface area contributed by atoms with Gasteiger partial charge in [-0.1, -0.05) is 25.7 Å². The molecule has 0 aromatic heterocycles. The van der Waals surface area contributed by atoms with Gasteiger partial charge in [0.25, 0.3) is 0 Å². The van der Waals surface area contributed by atoms with E-state index in [0.29, 0.717) is 37.1 Å². The molecule has 3 aliphatic carbocycles. The number of nitrogens with one attached hydrogen (secondary N) is 1. The van der Waals surface area contributed by atoms with Crippen molar-refractivity contribution in [1.29, 1.82) is 0 Å². The molecule has 1 spiro atoms. The lowest BCUT2D eigenvalue weighted by Crippen LogP contribution is -2.66. The summed E-state index contributed by atoms with van der Waals surface area (Å²) in [6.07, 6.45) is 13.1. The second-order valence-corrected chi connectivity index (χ2v) is 17.3. The monoisotopic (exact) mass is 642 g/mol. The smallest absolute Gasteiger partial charge is 0.341 e. The number of hydrogen-bond donors (Lipinski definition) is 3. The summed E-state index contributed by atoms with van der Waals surface area (Å²) < 4.78 is 25.7. The number of ketones is 1. The molecule has 258 valence electrons. The van der Waals surface area contributed by atoms with E-state index in [1.807, 2.05) is 20.8 Å². The Kier molecular flexibility index (Phi) is 8.41. The van der Waals surface area contributed by atoms with Crippen LogP contribution in [0.5, 0.6) is 0 Å². The van der Waals surface area contributed by atoms with E-state index in [-0.39, 0.29) is 54.2 Å². The summed E-state index contributed by atoms with van der Waals surface area (Å²) in [5, 5.41) is 15.6. The SMILES string of the molecule is CC1CC(=O)C2C(CC3OC(C)(C)C4OC(=O)C5(CCCCC4C3C2O)OC5CCC2CC(N)NC3C4CCCCC4CCC23)O1. The van der Waals surface area contributed by atoms with Crippen LogP contribution >= 0.6 is 0 Å². The predicted molar refractivity (Wildman–Crippen MR) is 170 cm³/mol. The Hall–Kier alpha value is -1.10. The normalized spacial score (nSPS) is 53.2. The van der Waals surface area contributed by atoms with E-state index >= 15 is 0 Å². The number of fused-ring (bicyclic) bond motifs is 7. The number of nitrogens with two attached hydrogens (primary N) is 1. The van der Waals surface area contributed by atoms with E-state index in [1.165, 1.54) is 38.5 Å². The van der Waals surface area contributed by atoms with Crippen molar-refractivity contribution in [1.82, 2.24) is 5.32 Å². The summed E-state index contributed by atoms with van der Waals surface area (Å²) in [6, 6.07) is 0.537. The average Bonchev–Trinajstić information content (AvgIpc) is 3.71. The molecule has 8 aliphatic rings. The largest absolute Gasteiger partial charge is 0.457 e. The number of hydrogen-bond acceptors (Lipinski definition) is 9. The Labute approximate surface area is 274 Å². The fraction of sp³-hybridized carbons (Fsp3) is 0.946. The molecule has 5 saturated heterocycles. The van der Waals surface area contributed by atoms with Gasteiger partial charge in [0.05, 0.1) is 42.6 Å². The Morgan fingerprint density at radius 1 is 0.913 bits per heavy atom. The van der Waals surface area contributed by atoms with Gasteiger partial charge in [0.2, 0.25) is 0 Å². The van der Waals surface area contributed by atoms with Gasteiger partial charge in [0.1, 0.15) is 17.5 Å². The second kappa shape index (κ2) is 12.0. The number of epoxide rings is 1. The topological polar surface area (TPSA) is 133 Å². The van der Waals surface area contributed by atoms with E-state index in [2.05, 4.69) is 5.32 Å². The highest BCUT2D eigenvalue weighted by Gasteiger charge is 2.66. The standard InChI is InChI=1S/C37H58N2O7/c1-19-16-25(40)31-26(43-19)18-27-30(33(31)41)24-10-6-7-15-37(35(42)44-34(24)36(2,3)45-27)28(46-37)14-12-21-17-29(38)39-32-22-9-5-4-8-20(22)11-13-23(21)32/h19-24,26-34,39,41H,4-18,38H2,1-3H3. The van der Waals surface area contributed by atoms with Crippen LogP contribution in [0, 0.1) is 41.4 Å². The van der Waals surface area contributed by atoms with Crippen molar-refractivity contribution >= 4 is 11.8 Å². The third-order valence-electron chi connectivity index (χ3n) is 14.2. The van der Waals surface area contributed by atoms with Gasteiger partial charge in [-0.2, -0.15) is 0 Å². The summed E-state index contributed by atoms with van der Waals surface area (Å²) in [5.74, 6) is 1.79. The van der Waals surface area contributed by atoms with Gasteiger partial charge in [-0.05, 0) is 102 Å². The van der Waals surface area contributed by atoms with Crippen molar-refractivity contribution in [2.45, 2.75) is 177 Å². The summed E-state index contributed by atoms with van der Waals surface area (Å²) in [7, 11) is 0. The number of piperidine rings is 1. The average molecular weight is 643 g/mol. The first-order chi connectivity index (χ1) is 22.1. The summed E-state index contributed by atoms with van der Waals surface area (Å²) in [5.41, 5.74) is 5.00. The van der Waals surface area contributed by atoms with E-state index < -0.39 is 29.3 Å². The molecule has 16 unspecified atom stereocenters. The van der Waals surface area contributed by atoms with Crippen LogP contribution in [-0.4, -0.2) is 76.9 Å². The van der Waals surface area contributed by atoms with Crippen LogP contribution in [0.4, 0.5) is 0 Å². The molecule has 9 heteroatoms. The quantitative estimate of drug-likeness (QED) is 0.303. The van der Waals surface area contributed by atoms with E-state index in [1.54, 1.807) is 0 Å². The summed E-state index contributed by atoms with van der Waals surface area (Å²) in [4.78, 5) is 27.2. The van der Waals surface area contributed by atoms with Crippen LogP contribution in [-0.2, 0) is 28.5 Å². The lowest BCUT2D eigenvalue weighted by Gasteiger charge is -2.57. The number of carbonyl (C=O) groups is 2. The molecule has 0 radical (unpaired) electrons. The van der Waals surface area contributed by atoms with Gasteiger partial charge in [-0.3, -0.25) is 10.1 Å². The molecule has 3 saturated carbocycles. The maximum atomic E-state index is 14.1. The number of aliphatic hydroxyl groups is 1. The number of rotatable bonds is 3. The molecule has 8 fully saturated rings. The maximum absolute atomic E-state index is 14.1. The molecule has 46 heavy (non-hydrogen) atoms. The second-order valence-electron chi connectivity index (χ2n) is 17.3. The van der Waals surface area contributed by atoms with Crippen LogP contribution in [0.2, 0.25) is 0 Å². The van der Waals surface area contributed by atoms with Crippen molar-refractivity contribution in [3.8, 4) is 0 Å². The molecule has 8 rings (SSSR count). The zero-order valence-electron chi connectivity index (χ0n) is 28.2. The van der Waals surface area contributed by atoms with Gasteiger partial charge in [-0.15, -0.1) is 0 Å². The lowest BCUT2D eigenvalue weighted by atomic mass is 9.59. The fourth-order valence-electron chi connectivity index (χ4n) is 12.2. The van der Waals surface area contributed by atoms with Gasteiger partial charge in [0.15, 0.2) is 5.60 Å². The van der Waals surface area contributed by atoms with Crippen molar-refractivity contribution in [3.05, 3.63) is 0 Å². The lowest BCUT2D eigenvalue weighted by molar-refractivity contribution is -0.278. The van der Waals surface area contributed by atoms with Crippen LogP contribution in [0.25, 0.3) is 0 Å². The highest BCUT2D eigenvalue weighted by molar-refractivity contribution is 5.84. The number of ether oxygens (including phenoxy) is 4. The first-order valence-electron chi connectivity index (χ1n) is 19.0. The highest BCUT2D eigenvalue weighted by atomic mass is 16.7. The molecule has 4 N–H and O–H groups in total. The first kappa shape index (κ1) is 32.1. The minimum Gasteiger partial charge on any atom is -0.457 e. The summed E-state index contributed by atoms with van der Waals surface area (Å²) in [6.45, 7) is 5.94. The number of aliphatic hydroxyl groups excluding tert-OH is 1. The van der Waals surface area contributed by atoms with Crippen LogP contribution in [0.3, 0.4) is 0 Å². The van der Waals surface area contributed by atoms with Gasteiger partial charge < -0.3 is 29.8 Å². The minimum absolute atomic E-state index is 0.0504. The number of Topliss-reactive ketones (excluding diaryl/α,β-unsaturated/α-hetero) is 1. The van der Waals surface area contributed by atoms with Crippen LogP contribution in [0.1, 0.15) is 117 Å². The Balaban J connectivity index is 0.956. The Morgan fingerprint density at radius 2 is 1.70 bits per heavy atom. The summed E-state index contributed by atoms with van der Waals surface area (Å²) >= 11 is 0. The van der Waals surface area contributed by atoms with Crippen molar-refractivity contribution in [2.75, 3.05) is 0 Å². The van der Waals surface area contributed by atoms with Gasteiger partial charge in [0, 0.05) is 30.7 Å². The van der Waals surface area contributed by atoms with Crippen LogP contribution in [0.15, 0.2) is 0 Å². The molecule has 16 atom stereocenters. The molecular weight excluding hydrogens is 584 g/mol. The molecule has 0 bridgehead atoms. The Morgan fingerprint density at radius 3 is 2.54 bits per heavy atom. The van der Waals surface area contributed by atoms with Crippen molar-refractivity contribution in [3.63, 3.8) is 0 Å². The highest BCUT2D eigenvalue weighted by Crippen LogP contribution is 2.54. The molecular formula is C37H58N2O7. The maximum Gasteiger partial charge on any atom is 0.341 e. The predicted octanol–water partition coefficient (Wildman–Crippen LogP) is 4.41. The molecule has 5 heterocycles. The number of carbonyl (C=O) groups excluding carboxylic acids is 2. The fourth-order valence-corrected chi connectivity index (χ4v) is 12.2. The molecule has 0 aromatic carbocycles. The zero-order chi connectivity index (χ0) is 32.0. The Bertz CT molecular complexity index is 1180. The first-order valence-corrected chi connectivity index (χ1v) is 19.0. The third kappa shape index (κ3) is 5.42. The van der Waals surface area contributed by atoms with Gasteiger partial charge in [-0.25, -0.2) is 4.79 Å². The minimum atomic E-state index is -0.878. The number of esters is 1. The van der Waals surface area contributed by atoms with Crippen molar-refractivity contribution in [2.24, 2.45) is 47.2 Å². The van der Waals surface area contributed by atoms with Crippen LogP contribution < -0.4 is 11.1 Å². The van der Waals surface area contributed by atoms with E-state index in [0.717, 1.165) is 50.4 Å². The molecule has 9 nitrogen and oxygen atoms in total. The molecule has 5 aliphatic heterocycles. The van der Waals surface area contributed by atoms with Gasteiger partial charge >= 0.3 is 5.97 Å². The van der Waals surface area contributed by atoms with E-state index in [4.69, 9.17) is 24.7 Å². The zero-order valence-corrected chi connectivity index (χ0v) is 28.2. The molecule has 0 amide bonds. The molecule has 0 aromatic rings. The van der Waals surface area contributed by atoms with Crippen molar-refractivity contribution < 1.29 is 33.6 Å². The van der Waals surface area contributed by atoms with E-state index in [9.17, 15) is 14.7 Å². The third-order valence-corrected chi connectivity index (χ3v) is 14.2.